The molecule has 0 radical (unpaired) electrons. The van der Waals surface area contributed by atoms with Gasteiger partial charge in [-0.1, -0.05) is 0 Å². The number of nitrogens with zero attached hydrogens (tertiary/aromatic N) is 5. The summed E-state index contributed by atoms with van der Waals surface area (Å²) in [7, 11) is 5.78. The largest absolute Gasteiger partial charge is 0.378 e. The molecular weight excluding hydrogens is 364 g/mol. The first-order valence-electron chi connectivity index (χ1n) is 9.47. The van der Waals surface area contributed by atoms with Crippen LogP contribution in [0.4, 0.5) is 17.2 Å². The zero-order chi connectivity index (χ0) is 20.8. The number of aromatic nitrogens is 3. The van der Waals surface area contributed by atoms with Crippen molar-refractivity contribution in [1.82, 2.24) is 19.9 Å². The van der Waals surface area contributed by atoms with E-state index >= 15 is 0 Å². The fraction of sp³-hybridized carbons (Fsp3) is 0.273. The summed E-state index contributed by atoms with van der Waals surface area (Å²) in [6.45, 7) is 2.38. The monoisotopic (exact) mass is 390 g/mol. The van der Waals surface area contributed by atoms with Gasteiger partial charge >= 0.3 is 0 Å². The summed E-state index contributed by atoms with van der Waals surface area (Å²) in [5, 5.41) is 3.26. The van der Waals surface area contributed by atoms with Gasteiger partial charge in [0.2, 0.25) is 0 Å². The maximum absolute atomic E-state index is 12.8. The molecule has 0 spiro atoms. The van der Waals surface area contributed by atoms with Crippen molar-refractivity contribution in [1.29, 1.82) is 0 Å². The molecular formula is C22H26N6O. The molecule has 0 unspecified atom stereocenters. The van der Waals surface area contributed by atoms with Gasteiger partial charge in [-0.15, -0.1) is 0 Å². The Labute approximate surface area is 171 Å². The first-order chi connectivity index (χ1) is 13.9. The van der Waals surface area contributed by atoms with Crippen molar-refractivity contribution in [3.63, 3.8) is 0 Å². The van der Waals surface area contributed by atoms with E-state index in [1.807, 2.05) is 55.4 Å². The number of carbonyl (C=O) groups excluding carboxylic acids is 1. The third kappa shape index (κ3) is 5.51. The number of carbonyl (C=O) groups is 1. The van der Waals surface area contributed by atoms with Gasteiger partial charge < -0.3 is 15.1 Å². The third-order valence-electron chi connectivity index (χ3n) is 4.55. The predicted octanol–water partition coefficient (Wildman–Crippen LogP) is 3.30. The van der Waals surface area contributed by atoms with Crippen molar-refractivity contribution in [2.24, 2.45) is 0 Å². The van der Waals surface area contributed by atoms with E-state index in [1.54, 1.807) is 37.3 Å². The number of hydrogen-bond acceptors (Lipinski definition) is 6. The van der Waals surface area contributed by atoms with Gasteiger partial charge in [0, 0.05) is 57.5 Å². The lowest BCUT2D eigenvalue weighted by Gasteiger charge is -2.17. The van der Waals surface area contributed by atoms with Crippen LogP contribution in [0, 0.1) is 6.92 Å². The lowest BCUT2D eigenvalue weighted by Crippen LogP contribution is -2.30. The Morgan fingerprint density at radius 2 is 1.69 bits per heavy atom. The normalized spacial score (nSPS) is 10.5. The van der Waals surface area contributed by atoms with Gasteiger partial charge in [-0.25, -0.2) is 9.97 Å². The molecule has 7 heteroatoms. The molecule has 2 aromatic heterocycles. The zero-order valence-electron chi connectivity index (χ0n) is 17.3. The summed E-state index contributed by atoms with van der Waals surface area (Å²) in [6, 6.07) is 13.6. The Kier molecular flexibility index (Phi) is 6.39. The summed E-state index contributed by atoms with van der Waals surface area (Å²) in [4.78, 5) is 29.3. The lowest BCUT2D eigenvalue weighted by atomic mass is 10.2. The van der Waals surface area contributed by atoms with E-state index in [4.69, 9.17) is 0 Å². The summed E-state index contributed by atoms with van der Waals surface area (Å²) in [5.74, 6) is 1.02. The van der Waals surface area contributed by atoms with Crippen LogP contribution < -0.4 is 10.2 Å². The molecule has 29 heavy (non-hydrogen) atoms. The van der Waals surface area contributed by atoms with Crippen LogP contribution in [0.1, 0.15) is 21.9 Å². The molecule has 0 bridgehead atoms. The van der Waals surface area contributed by atoms with E-state index in [-0.39, 0.29) is 5.91 Å². The van der Waals surface area contributed by atoms with Gasteiger partial charge in [-0.05, 0) is 55.3 Å². The summed E-state index contributed by atoms with van der Waals surface area (Å²) < 4.78 is 0. The van der Waals surface area contributed by atoms with Gasteiger partial charge in [-0.2, -0.15) is 0 Å². The Morgan fingerprint density at radius 1 is 1.00 bits per heavy atom. The molecule has 0 saturated carbocycles. The van der Waals surface area contributed by atoms with Gasteiger partial charge in [0.15, 0.2) is 0 Å². The molecule has 1 N–H and O–H groups in total. The van der Waals surface area contributed by atoms with Crippen molar-refractivity contribution >= 4 is 23.1 Å². The SMILES string of the molecule is Cc1nc(Nc2ccc(N(C)C)cc2)cc(C(=O)N(C)CCc2ccncc2)n1. The van der Waals surface area contributed by atoms with Gasteiger partial charge in [-0.3, -0.25) is 9.78 Å². The molecule has 3 aromatic rings. The molecule has 0 fully saturated rings. The first-order valence-corrected chi connectivity index (χ1v) is 9.47. The zero-order valence-corrected chi connectivity index (χ0v) is 17.3. The average molecular weight is 390 g/mol. The highest BCUT2D eigenvalue weighted by atomic mass is 16.2. The van der Waals surface area contributed by atoms with E-state index in [1.165, 1.54) is 0 Å². The maximum Gasteiger partial charge on any atom is 0.272 e. The van der Waals surface area contributed by atoms with Gasteiger partial charge in [0.05, 0.1) is 0 Å². The minimum atomic E-state index is -0.129. The summed E-state index contributed by atoms with van der Waals surface area (Å²) in [6.07, 6.45) is 4.28. The van der Waals surface area contributed by atoms with Crippen LogP contribution in [-0.4, -0.2) is 53.4 Å². The minimum absolute atomic E-state index is 0.129. The first kappa shape index (κ1) is 20.3. The second kappa shape index (κ2) is 9.14. The van der Waals surface area contributed by atoms with Crippen LogP contribution >= 0.6 is 0 Å². The molecule has 0 aliphatic heterocycles. The second-order valence-corrected chi connectivity index (χ2v) is 7.08. The number of rotatable bonds is 7. The molecule has 3 rings (SSSR count). The topological polar surface area (TPSA) is 74.2 Å². The number of nitrogens with one attached hydrogen (secondary N) is 1. The Balaban J connectivity index is 1.69. The van der Waals surface area contributed by atoms with Crippen LogP contribution in [0.25, 0.3) is 0 Å². The fourth-order valence-corrected chi connectivity index (χ4v) is 2.88. The van der Waals surface area contributed by atoms with Crippen molar-refractivity contribution < 1.29 is 4.79 Å². The maximum atomic E-state index is 12.8. The molecule has 7 nitrogen and oxygen atoms in total. The van der Waals surface area contributed by atoms with Crippen molar-refractivity contribution in [3.05, 3.63) is 71.9 Å². The number of amides is 1. The second-order valence-electron chi connectivity index (χ2n) is 7.08. The highest BCUT2D eigenvalue weighted by Crippen LogP contribution is 2.20. The van der Waals surface area contributed by atoms with E-state index in [0.29, 0.717) is 23.9 Å². The van der Waals surface area contributed by atoms with Crippen molar-refractivity contribution in [3.8, 4) is 0 Å². The quantitative estimate of drug-likeness (QED) is 0.667. The van der Waals surface area contributed by atoms with Gasteiger partial charge in [0.25, 0.3) is 5.91 Å². The van der Waals surface area contributed by atoms with Crippen LogP contribution in [0.15, 0.2) is 54.9 Å². The molecule has 0 atom stereocenters. The van der Waals surface area contributed by atoms with E-state index < -0.39 is 0 Å². The summed E-state index contributed by atoms with van der Waals surface area (Å²) >= 11 is 0. The fourth-order valence-electron chi connectivity index (χ4n) is 2.88. The highest BCUT2D eigenvalue weighted by Gasteiger charge is 2.15. The smallest absolute Gasteiger partial charge is 0.272 e. The predicted molar refractivity (Wildman–Crippen MR) is 116 cm³/mol. The number of pyridine rings is 1. The van der Waals surface area contributed by atoms with E-state index in [9.17, 15) is 4.79 Å². The number of anilines is 3. The Bertz CT molecular complexity index is 957. The molecule has 1 amide bonds. The van der Waals surface area contributed by atoms with E-state index in [2.05, 4.69) is 20.3 Å². The molecule has 0 aliphatic rings. The Hall–Kier alpha value is -3.48. The standard InChI is InChI=1S/C22H26N6O/c1-16-24-20(22(29)28(4)14-11-17-9-12-23-13-10-17)15-21(25-16)26-18-5-7-19(8-6-18)27(2)3/h5-10,12-13,15H,11,14H2,1-4H3,(H,24,25,26). The third-order valence-corrected chi connectivity index (χ3v) is 4.55. The van der Waals surface area contributed by atoms with Crippen LogP contribution in [-0.2, 0) is 6.42 Å². The van der Waals surface area contributed by atoms with Crippen molar-refractivity contribution in [2.45, 2.75) is 13.3 Å². The summed E-state index contributed by atoms with van der Waals surface area (Å²) in [5.41, 5.74) is 3.53. The Morgan fingerprint density at radius 3 is 2.34 bits per heavy atom. The number of aryl methyl sites for hydroxylation is 1. The van der Waals surface area contributed by atoms with Crippen molar-refractivity contribution in [2.75, 3.05) is 37.9 Å². The molecule has 0 saturated heterocycles. The van der Waals surface area contributed by atoms with Crippen LogP contribution in [0.5, 0.6) is 0 Å². The number of hydrogen-bond donors (Lipinski definition) is 1. The van der Waals surface area contributed by atoms with Crippen LogP contribution in [0.3, 0.4) is 0 Å². The lowest BCUT2D eigenvalue weighted by molar-refractivity contribution is 0.0790. The minimum Gasteiger partial charge on any atom is -0.378 e. The molecule has 0 aliphatic carbocycles. The molecule has 150 valence electrons. The number of benzene rings is 1. The molecule has 1 aromatic carbocycles. The highest BCUT2D eigenvalue weighted by molar-refractivity contribution is 5.93. The van der Waals surface area contributed by atoms with Crippen LogP contribution in [0.2, 0.25) is 0 Å². The average Bonchev–Trinajstić information content (AvgIpc) is 2.72. The van der Waals surface area contributed by atoms with E-state index in [0.717, 1.165) is 23.4 Å². The number of likely N-dealkylation sites (N-methyl/N-ethyl adjacent to an activating group) is 1. The van der Waals surface area contributed by atoms with Gasteiger partial charge in [0.1, 0.15) is 17.3 Å². The molecule has 2 heterocycles.